The molecule has 1 atom stereocenters. The first-order chi connectivity index (χ1) is 5.97. The van der Waals surface area contributed by atoms with Crippen molar-refractivity contribution in [1.29, 1.82) is 0 Å². The summed E-state index contributed by atoms with van der Waals surface area (Å²) < 4.78 is 1.06. The van der Waals surface area contributed by atoms with Crippen LogP contribution in [0.4, 0.5) is 0 Å². The Morgan fingerprint density at radius 3 is 2.77 bits per heavy atom. The van der Waals surface area contributed by atoms with Gasteiger partial charge in [-0.05, 0) is 53.3 Å². The van der Waals surface area contributed by atoms with Crippen molar-refractivity contribution in [2.75, 3.05) is 6.61 Å². The van der Waals surface area contributed by atoms with E-state index in [2.05, 4.69) is 22.6 Å². The second-order valence-corrected chi connectivity index (χ2v) is 4.85. The molecule has 0 bridgehead atoms. The van der Waals surface area contributed by atoms with Gasteiger partial charge >= 0.3 is 0 Å². The van der Waals surface area contributed by atoms with Crippen LogP contribution in [0.2, 0.25) is 5.02 Å². The van der Waals surface area contributed by atoms with Crippen LogP contribution in [-0.4, -0.2) is 11.7 Å². The molecule has 4 heteroatoms. The predicted octanol–water partition coefficient (Wildman–Crippen LogP) is 2.11. The first-order valence-electron chi connectivity index (χ1n) is 3.82. The van der Waals surface area contributed by atoms with Gasteiger partial charge in [0.25, 0.3) is 0 Å². The van der Waals surface area contributed by atoms with Crippen LogP contribution in [0.25, 0.3) is 0 Å². The van der Waals surface area contributed by atoms with E-state index in [-0.39, 0.29) is 6.61 Å². The lowest BCUT2D eigenvalue weighted by Crippen LogP contribution is -2.37. The molecule has 2 nitrogen and oxygen atoms in total. The number of hydrogen-bond acceptors (Lipinski definition) is 2. The van der Waals surface area contributed by atoms with E-state index in [1.807, 2.05) is 12.1 Å². The summed E-state index contributed by atoms with van der Waals surface area (Å²) >= 11 is 8.15. The molecule has 0 aromatic heterocycles. The van der Waals surface area contributed by atoms with Crippen LogP contribution in [0.15, 0.2) is 18.2 Å². The van der Waals surface area contributed by atoms with Gasteiger partial charge in [0.05, 0.1) is 12.1 Å². The van der Waals surface area contributed by atoms with Crippen LogP contribution in [0.1, 0.15) is 12.5 Å². The second kappa shape index (κ2) is 4.13. The van der Waals surface area contributed by atoms with Gasteiger partial charge in [-0.1, -0.05) is 11.6 Å². The largest absolute Gasteiger partial charge is 0.394 e. The monoisotopic (exact) mass is 311 g/mol. The maximum atomic E-state index is 9.08. The lowest BCUT2D eigenvalue weighted by atomic mass is 9.94. The molecule has 3 N–H and O–H groups in total. The van der Waals surface area contributed by atoms with E-state index < -0.39 is 5.54 Å². The third-order valence-corrected chi connectivity index (χ3v) is 2.87. The van der Waals surface area contributed by atoms with Gasteiger partial charge in [0.1, 0.15) is 0 Å². The van der Waals surface area contributed by atoms with Crippen molar-refractivity contribution < 1.29 is 5.11 Å². The van der Waals surface area contributed by atoms with Gasteiger partial charge < -0.3 is 10.8 Å². The predicted molar refractivity (Wildman–Crippen MR) is 62.8 cm³/mol. The van der Waals surface area contributed by atoms with Crippen molar-refractivity contribution >= 4 is 34.2 Å². The highest BCUT2D eigenvalue weighted by Gasteiger charge is 2.22. The summed E-state index contributed by atoms with van der Waals surface area (Å²) in [6.07, 6.45) is 0. The van der Waals surface area contributed by atoms with Crippen molar-refractivity contribution in [1.82, 2.24) is 0 Å². The van der Waals surface area contributed by atoms with Crippen LogP contribution >= 0.6 is 34.2 Å². The maximum Gasteiger partial charge on any atom is 0.0651 e. The van der Waals surface area contributed by atoms with E-state index in [9.17, 15) is 0 Å². The van der Waals surface area contributed by atoms with Crippen molar-refractivity contribution in [2.24, 2.45) is 5.73 Å². The number of benzene rings is 1. The van der Waals surface area contributed by atoms with Crippen molar-refractivity contribution in [2.45, 2.75) is 12.5 Å². The highest BCUT2D eigenvalue weighted by atomic mass is 127. The minimum absolute atomic E-state index is 0.118. The van der Waals surface area contributed by atoms with Gasteiger partial charge in [0, 0.05) is 8.59 Å². The van der Waals surface area contributed by atoms with Crippen LogP contribution < -0.4 is 5.73 Å². The van der Waals surface area contributed by atoms with Gasteiger partial charge in [0.2, 0.25) is 0 Å². The Morgan fingerprint density at radius 1 is 1.62 bits per heavy atom. The Hall–Kier alpha value is 0.160. The molecular weight excluding hydrogens is 300 g/mol. The molecule has 0 aliphatic carbocycles. The molecule has 0 saturated carbocycles. The molecule has 0 amide bonds. The second-order valence-electron chi connectivity index (χ2n) is 3.20. The molecule has 72 valence electrons. The van der Waals surface area contributed by atoms with E-state index >= 15 is 0 Å². The fourth-order valence-corrected chi connectivity index (χ4v) is 1.84. The molecule has 0 spiro atoms. The third kappa shape index (κ3) is 2.56. The Bertz CT molecular complexity index is 314. The minimum Gasteiger partial charge on any atom is -0.394 e. The zero-order valence-electron chi connectivity index (χ0n) is 7.22. The zero-order chi connectivity index (χ0) is 10.1. The van der Waals surface area contributed by atoms with Crippen LogP contribution in [0.5, 0.6) is 0 Å². The first-order valence-corrected chi connectivity index (χ1v) is 5.28. The highest BCUT2D eigenvalue weighted by Crippen LogP contribution is 2.27. The van der Waals surface area contributed by atoms with Gasteiger partial charge in [-0.15, -0.1) is 0 Å². The molecule has 0 saturated heterocycles. The molecule has 1 aromatic rings. The van der Waals surface area contributed by atoms with E-state index in [1.165, 1.54) is 0 Å². The van der Waals surface area contributed by atoms with Gasteiger partial charge in [-0.2, -0.15) is 0 Å². The summed E-state index contributed by atoms with van der Waals surface area (Å²) in [5.41, 5.74) is 5.88. The van der Waals surface area contributed by atoms with Crippen LogP contribution in [0, 0.1) is 3.57 Å². The van der Waals surface area contributed by atoms with Gasteiger partial charge in [-0.25, -0.2) is 0 Å². The van der Waals surface area contributed by atoms with E-state index in [0.717, 1.165) is 9.13 Å². The van der Waals surface area contributed by atoms with E-state index in [4.69, 9.17) is 22.4 Å². The van der Waals surface area contributed by atoms with Crippen molar-refractivity contribution in [3.63, 3.8) is 0 Å². The molecule has 0 aliphatic rings. The number of aliphatic hydroxyl groups is 1. The quantitative estimate of drug-likeness (QED) is 0.822. The normalized spacial score (nSPS) is 15.5. The Morgan fingerprint density at radius 2 is 2.23 bits per heavy atom. The Labute approximate surface area is 96.2 Å². The summed E-state index contributed by atoms with van der Waals surface area (Å²) in [6, 6.07) is 5.58. The minimum atomic E-state index is -0.766. The van der Waals surface area contributed by atoms with E-state index in [0.29, 0.717) is 5.02 Å². The maximum absolute atomic E-state index is 9.08. The Kier molecular flexibility index (Phi) is 3.57. The number of rotatable bonds is 2. The molecule has 13 heavy (non-hydrogen) atoms. The standard InChI is InChI=1S/C9H11ClINO/c1-9(12,5-13)7-4-6(11)2-3-8(7)10/h2-4,13H,5,12H2,1H3. The van der Waals surface area contributed by atoms with Crippen LogP contribution in [0.3, 0.4) is 0 Å². The number of nitrogens with two attached hydrogens (primary N) is 1. The topological polar surface area (TPSA) is 46.2 Å². The third-order valence-electron chi connectivity index (χ3n) is 1.87. The Balaban J connectivity index is 3.20. The van der Waals surface area contributed by atoms with Gasteiger partial charge in [-0.3, -0.25) is 0 Å². The summed E-state index contributed by atoms with van der Waals surface area (Å²) in [5.74, 6) is 0. The smallest absolute Gasteiger partial charge is 0.0651 e. The zero-order valence-corrected chi connectivity index (χ0v) is 10.1. The fourth-order valence-electron chi connectivity index (χ4n) is 1.02. The average molecular weight is 312 g/mol. The molecule has 0 aliphatic heterocycles. The highest BCUT2D eigenvalue weighted by molar-refractivity contribution is 14.1. The summed E-state index contributed by atoms with van der Waals surface area (Å²) in [5, 5.41) is 9.67. The number of aliphatic hydroxyl groups excluding tert-OH is 1. The van der Waals surface area contributed by atoms with Crippen LogP contribution in [-0.2, 0) is 5.54 Å². The van der Waals surface area contributed by atoms with Gasteiger partial charge in [0.15, 0.2) is 0 Å². The summed E-state index contributed by atoms with van der Waals surface area (Å²) in [6.45, 7) is 1.64. The molecule has 0 heterocycles. The van der Waals surface area contributed by atoms with Crippen molar-refractivity contribution in [3.8, 4) is 0 Å². The fraction of sp³-hybridized carbons (Fsp3) is 0.333. The van der Waals surface area contributed by atoms with Crippen molar-refractivity contribution in [3.05, 3.63) is 32.4 Å². The lowest BCUT2D eigenvalue weighted by Gasteiger charge is -2.23. The summed E-state index contributed by atoms with van der Waals surface area (Å²) in [7, 11) is 0. The first kappa shape index (κ1) is 11.2. The molecule has 0 fully saturated rings. The number of hydrogen-bond donors (Lipinski definition) is 2. The molecular formula is C9H11ClINO. The molecule has 1 rings (SSSR count). The summed E-state index contributed by atoms with van der Waals surface area (Å²) in [4.78, 5) is 0. The number of halogens is 2. The molecule has 1 unspecified atom stereocenters. The lowest BCUT2D eigenvalue weighted by molar-refractivity contribution is 0.210. The SMILES string of the molecule is CC(N)(CO)c1cc(I)ccc1Cl. The molecule has 0 radical (unpaired) electrons. The molecule has 1 aromatic carbocycles. The average Bonchev–Trinajstić information content (AvgIpc) is 2.09. The van der Waals surface area contributed by atoms with E-state index in [1.54, 1.807) is 13.0 Å².